The number of fused-ring (bicyclic) bond motifs is 1. The highest BCUT2D eigenvalue weighted by molar-refractivity contribution is 7.07. The van der Waals surface area contributed by atoms with Crippen molar-refractivity contribution in [3.05, 3.63) is 107 Å². The molecule has 0 radical (unpaired) electrons. The monoisotopic (exact) mass is 603 g/mol. The number of ether oxygens (including phenoxy) is 3. The molecular weight excluding hydrogens is 578 g/mol. The maximum Gasteiger partial charge on any atom is 0.338 e. The zero-order valence-electron chi connectivity index (χ0n) is 23.5. The first-order chi connectivity index (χ1) is 20.6. The van der Waals surface area contributed by atoms with Gasteiger partial charge in [0.2, 0.25) is 0 Å². The van der Waals surface area contributed by atoms with Gasteiger partial charge in [0.1, 0.15) is 11.5 Å². The average Bonchev–Trinajstić information content (AvgIpc) is 3.56. The first-order valence-corrected chi connectivity index (χ1v) is 13.8. The van der Waals surface area contributed by atoms with Crippen LogP contribution >= 0.6 is 11.3 Å². The van der Waals surface area contributed by atoms with Crippen molar-refractivity contribution in [2.45, 2.75) is 26.8 Å². The number of nitro benzene ring substituents is 1. The minimum absolute atomic E-state index is 0.111. The Morgan fingerprint density at radius 3 is 2.63 bits per heavy atom. The lowest BCUT2D eigenvalue weighted by Gasteiger charge is -2.25. The number of allylic oxidation sites excluding steroid dienone is 1. The lowest BCUT2D eigenvalue weighted by molar-refractivity contribution is -0.384. The number of para-hydroxylation sites is 1. The zero-order valence-corrected chi connectivity index (χ0v) is 24.3. The van der Waals surface area contributed by atoms with Gasteiger partial charge in [-0.15, -0.1) is 0 Å². The molecule has 5 rings (SSSR count). The molecule has 0 unspecified atom stereocenters. The number of carbonyl (C=O) groups excluding carboxylic acids is 2. The van der Waals surface area contributed by atoms with Crippen molar-refractivity contribution in [1.29, 1.82) is 0 Å². The molecule has 0 saturated heterocycles. The van der Waals surface area contributed by atoms with Gasteiger partial charge in [-0.3, -0.25) is 24.3 Å². The average molecular weight is 604 g/mol. The summed E-state index contributed by atoms with van der Waals surface area (Å²) >= 11 is 1.09. The fraction of sp³-hybridized carbons (Fsp3) is 0.200. The molecule has 1 aliphatic rings. The minimum atomic E-state index is -0.933. The Morgan fingerprint density at radius 1 is 1.16 bits per heavy atom. The highest BCUT2D eigenvalue weighted by Gasteiger charge is 2.34. The number of nitro groups is 1. The molecular formula is C30H25N3O9S. The van der Waals surface area contributed by atoms with E-state index in [1.54, 1.807) is 56.3 Å². The molecule has 0 aliphatic carbocycles. The van der Waals surface area contributed by atoms with E-state index in [0.29, 0.717) is 27.4 Å². The first-order valence-electron chi connectivity index (χ1n) is 13.0. The Hall–Kier alpha value is -5.30. The third kappa shape index (κ3) is 5.62. The SMILES string of the molecule is CCOC(=O)C1=C(C)N=c2s/c(=C\c3ccc(-c4ccccc4[N+](=O)[O-])o3)c(=O)n2[C@H]1c1ccc(OC(C)=O)c(OC)c1. The van der Waals surface area contributed by atoms with Crippen LogP contribution in [0, 0.1) is 10.1 Å². The molecule has 4 aromatic rings. The second-order valence-electron chi connectivity index (χ2n) is 9.28. The van der Waals surface area contributed by atoms with Gasteiger partial charge in [-0.2, -0.15) is 0 Å². The highest BCUT2D eigenvalue weighted by Crippen LogP contribution is 2.36. The summed E-state index contributed by atoms with van der Waals surface area (Å²) in [6.45, 7) is 4.71. The highest BCUT2D eigenvalue weighted by atomic mass is 32.1. The van der Waals surface area contributed by atoms with E-state index >= 15 is 0 Å². The van der Waals surface area contributed by atoms with Crippen LogP contribution in [-0.4, -0.2) is 35.1 Å². The summed E-state index contributed by atoms with van der Waals surface area (Å²) in [5, 5.41) is 11.5. The summed E-state index contributed by atoms with van der Waals surface area (Å²) in [5.74, 6) is -0.202. The lowest BCUT2D eigenvalue weighted by Crippen LogP contribution is -2.39. The number of methoxy groups -OCH3 is 1. The second-order valence-corrected chi connectivity index (χ2v) is 10.3. The van der Waals surface area contributed by atoms with Gasteiger partial charge in [0, 0.05) is 19.1 Å². The zero-order chi connectivity index (χ0) is 30.8. The third-order valence-electron chi connectivity index (χ3n) is 6.54. The number of thiazole rings is 1. The number of benzene rings is 2. The van der Waals surface area contributed by atoms with Crippen molar-refractivity contribution in [2.24, 2.45) is 4.99 Å². The van der Waals surface area contributed by atoms with Gasteiger partial charge >= 0.3 is 11.9 Å². The van der Waals surface area contributed by atoms with E-state index < -0.39 is 28.5 Å². The molecule has 0 N–H and O–H groups in total. The fourth-order valence-corrected chi connectivity index (χ4v) is 5.77. The van der Waals surface area contributed by atoms with Gasteiger partial charge in [0.25, 0.3) is 11.2 Å². The Bertz CT molecular complexity index is 1980. The lowest BCUT2D eigenvalue weighted by atomic mass is 9.95. The third-order valence-corrected chi connectivity index (χ3v) is 7.52. The van der Waals surface area contributed by atoms with Crippen LogP contribution in [0.3, 0.4) is 0 Å². The summed E-state index contributed by atoms with van der Waals surface area (Å²) in [4.78, 5) is 54.5. The summed E-state index contributed by atoms with van der Waals surface area (Å²) in [7, 11) is 1.41. The van der Waals surface area contributed by atoms with E-state index in [-0.39, 0.29) is 39.7 Å². The van der Waals surface area contributed by atoms with E-state index in [1.165, 1.54) is 36.8 Å². The van der Waals surface area contributed by atoms with E-state index in [1.807, 2.05) is 0 Å². The van der Waals surface area contributed by atoms with Gasteiger partial charge in [-0.05, 0) is 49.7 Å². The van der Waals surface area contributed by atoms with Crippen LogP contribution in [0.1, 0.15) is 38.1 Å². The van der Waals surface area contributed by atoms with Crippen molar-refractivity contribution >= 4 is 35.0 Å². The smallest absolute Gasteiger partial charge is 0.338 e. The molecule has 43 heavy (non-hydrogen) atoms. The van der Waals surface area contributed by atoms with Gasteiger partial charge in [0.15, 0.2) is 16.3 Å². The van der Waals surface area contributed by atoms with Gasteiger partial charge in [-0.1, -0.05) is 29.5 Å². The molecule has 0 bridgehead atoms. The molecule has 12 nitrogen and oxygen atoms in total. The number of hydrogen-bond donors (Lipinski definition) is 0. The van der Waals surface area contributed by atoms with Crippen LogP contribution in [0.4, 0.5) is 5.69 Å². The molecule has 1 aliphatic heterocycles. The number of nitrogens with zero attached hydrogens (tertiary/aromatic N) is 3. The van der Waals surface area contributed by atoms with Gasteiger partial charge in [-0.25, -0.2) is 9.79 Å². The molecule has 1 atom stereocenters. The summed E-state index contributed by atoms with van der Waals surface area (Å²) < 4.78 is 23.5. The second kappa shape index (κ2) is 11.9. The van der Waals surface area contributed by atoms with E-state index in [2.05, 4.69) is 4.99 Å². The Balaban J connectivity index is 1.65. The minimum Gasteiger partial charge on any atom is -0.493 e. The van der Waals surface area contributed by atoms with Crippen molar-refractivity contribution in [3.63, 3.8) is 0 Å². The van der Waals surface area contributed by atoms with Crippen LogP contribution in [-0.2, 0) is 14.3 Å². The van der Waals surface area contributed by atoms with E-state index in [4.69, 9.17) is 18.6 Å². The number of aromatic nitrogens is 1. The van der Waals surface area contributed by atoms with Crippen LogP contribution in [0.5, 0.6) is 11.5 Å². The largest absolute Gasteiger partial charge is 0.493 e. The maximum atomic E-state index is 13.9. The molecule has 0 saturated carbocycles. The maximum absolute atomic E-state index is 13.9. The molecule has 3 heterocycles. The molecule has 0 spiro atoms. The van der Waals surface area contributed by atoms with E-state index in [0.717, 1.165) is 11.3 Å². The van der Waals surface area contributed by atoms with Crippen LogP contribution in [0.2, 0.25) is 0 Å². The predicted molar refractivity (Wildman–Crippen MR) is 156 cm³/mol. The summed E-state index contributed by atoms with van der Waals surface area (Å²) in [6, 6.07) is 13.2. The normalized spacial score (nSPS) is 14.6. The molecule has 0 amide bonds. The van der Waals surface area contributed by atoms with Crippen molar-refractivity contribution in [2.75, 3.05) is 13.7 Å². The van der Waals surface area contributed by atoms with Crippen molar-refractivity contribution in [1.82, 2.24) is 4.57 Å². The molecule has 13 heteroatoms. The molecule has 220 valence electrons. The predicted octanol–water partition coefficient (Wildman–Crippen LogP) is 3.90. The fourth-order valence-electron chi connectivity index (χ4n) is 4.75. The van der Waals surface area contributed by atoms with Crippen LogP contribution < -0.4 is 24.4 Å². The van der Waals surface area contributed by atoms with Crippen molar-refractivity contribution < 1.29 is 33.1 Å². The van der Waals surface area contributed by atoms with Crippen LogP contribution in [0.15, 0.2) is 80.1 Å². The van der Waals surface area contributed by atoms with Gasteiger partial charge < -0.3 is 18.6 Å². The number of esters is 2. The standard InChI is InChI=1S/C30H25N3O9S/c1-5-40-29(36)26-16(2)31-30-32(27(26)18-10-12-23(41-17(3)34)24(14-18)39-4)28(35)25(43-30)15-19-11-13-22(42-19)20-8-6-7-9-21(20)33(37)38/h6-15,27H,5H2,1-4H3/b25-15-/t27-/m0/s1. The number of furan rings is 1. The van der Waals surface area contributed by atoms with Crippen molar-refractivity contribution in [3.8, 4) is 22.8 Å². The Morgan fingerprint density at radius 2 is 1.93 bits per heavy atom. The molecule has 2 aromatic carbocycles. The summed E-state index contributed by atoms with van der Waals surface area (Å²) in [6.07, 6.45) is 1.52. The topological polar surface area (TPSA) is 152 Å². The summed E-state index contributed by atoms with van der Waals surface area (Å²) in [5.41, 5.74) is 0.772. The number of hydrogen-bond acceptors (Lipinski definition) is 11. The van der Waals surface area contributed by atoms with Gasteiger partial charge in [0.05, 0.1) is 46.0 Å². The van der Waals surface area contributed by atoms with E-state index in [9.17, 15) is 24.5 Å². The Labute approximate surface area is 247 Å². The quantitative estimate of drug-likeness (QED) is 0.126. The molecule has 0 fully saturated rings. The number of rotatable bonds is 8. The molecule has 2 aromatic heterocycles. The Kier molecular flexibility index (Phi) is 8.08. The first kappa shape index (κ1) is 29.2. The number of carbonyl (C=O) groups is 2. The van der Waals surface area contributed by atoms with Crippen LogP contribution in [0.25, 0.3) is 17.4 Å².